The summed E-state index contributed by atoms with van der Waals surface area (Å²) in [6.45, 7) is 0.641. The summed E-state index contributed by atoms with van der Waals surface area (Å²) in [5.41, 5.74) is 3.82. The van der Waals surface area contributed by atoms with Crippen molar-refractivity contribution < 1.29 is 0 Å². The molecule has 0 saturated carbocycles. The Bertz CT molecular complexity index is 1030. The van der Waals surface area contributed by atoms with Crippen molar-refractivity contribution in [3.63, 3.8) is 0 Å². The van der Waals surface area contributed by atoms with Gasteiger partial charge in [0.2, 0.25) is 0 Å². The lowest BCUT2D eigenvalue weighted by Gasteiger charge is -2.11. The van der Waals surface area contributed by atoms with Crippen LogP contribution in [0.3, 0.4) is 0 Å². The first-order chi connectivity index (χ1) is 12.7. The van der Waals surface area contributed by atoms with Gasteiger partial charge in [0.25, 0.3) is 0 Å². The van der Waals surface area contributed by atoms with Crippen molar-refractivity contribution in [2.24, 2.45) is 0 Å². The molecule has 0 unspecified atom stereocenters. The van der Waals surface area contributed by atoms with Crippen molar-refractivity contribution in [3.8, 4) is 11.3 Å². The molecule has 0 bridgehead atoms. The number of nitrogens with one attached hydrogen (secondary N) is 2. The van der Waals surface area contributed by atoms with Crippen LogP contribution in [0.1, 0.15) is 5.56 Å². The van der Waals surface area contributed by atoms with Gasteiger partial charge in [0.05, 0.1) is 16.4 Å². The number of anilines is 2. The van der Waals surface area contributed by atoms with Gasteiger partial charge in [-0.1, -0.05) is 36.4 Å². The lowest BCUT2D eigenvalue weighted by atomic mass is 10.1. The van der Waals surface area contributed by atoms with Gasteiger partial charge in [-0.15, -0.1) is 0 Å². The van der Waals surface area contributed by atoms with Crippen LogP contribution in [0, 0.1) is 0 Å². The third-order valence-corrected chi connectivity index (χ3v) is 4.61. The molecule has 0 aliphatic rings. The summed E-state index contributed by atoms with van der Waals surface area (Å²) in [4.78, 5) is 9.08. The zero-order valence-electron chi connectivity index (χ0n) is 14.1. The molecule has 0 atom stereocenters. The van der Waals surface area contributed by atoms with E-state index in [0.717, 1.165) is 38.6 Å². The smallest absolute Gasteiger partial charge is 0.172 e. The first-order valence-corrected chi connectivity index (χ1v) is 9.00. The first-order valence-electron chi connectivity index (χ1n) is 8.21. The number of hydrogen-bond donors (Lipinski definition) is 2. The van der Waals surface area contributed by atoms with E-state index in [2.05, 4.69) is 36.6 Å². The molecule has 26 heavy (non-hydrogen) atoms. The fourth-order valence-corrected chi connectivity index (χ4v) is 3.04. The molecule has 0 fully saturated rings. The maximum absolute atomic E-state index is 4.74. The van der Waals surface area contributed by atoms with Crippen molar-refractivity contribution in [3.05, 3.63) is 71.0 Å². The van der Waals surface area contributed by atoms with Crippen molar-refractivity contribution in [2.75, 3.05) is 17.7 Å². The number of aromatic nitrogens is 4. The number of halogens is 1. The van der Waals surface area contributed by atoms with Crippen LogP contribution in [0.4, 0.5) is 11.6 Å². The molecule has 0 aliphatic heterocycles. The van der Waals surface area contributed by atoms with E-state index in [1.807, 2.05) is 61.8 Å². The summed E-state index contributed by atoms with van der Waals surface area (Å²) in [7, 11) is 1.86. The Morgan fingerprint density at radius 3 is 2.65 bits per heavy atom. The van der Waals surface area contributed by atoms with Gasteiger partial charge in [-0.25, -0.2) is 9.97 Å². The quantitative estimate of drug-likeness (QED) is 0.517. The maximum Gasteiger partial charge on any atom is 0.172 e. The second-order valence-corrected chi connectivity index (χ2v) is 6.63. The van der Waals surface area contributed by atoms with Crippen molar-refractivity contribution in [1.29, 1.82) is 0 Å². The van der Waals surface area contributed by atoms with Crippen LogP contribution in [0.15, 0.2) is 65.4 Å². The van der Waals surface area contributed by atoms with Crippen LogP contribution in [-0.4, -0.2) is 26.6 Å². The summed E-state index contributed by atoms with van der Waals surface area (Å²) in [5, 5.41) is 10.9. The minimum Gasteiger partial charge on any atom is -0.373 e. The van der Waals surface area contributed by atoms with E-state index in [-0.39, 0.29) is 0 Å². The molecule has 2 N–H and O–H groups in total. The molecular formula is C19H17BrN6. The minimum absolute atomic E-state index is 0.641. The van der Waals surface area contributed by atoms with Gasteiger partial charge in [0.15, 0.2) is 5.65 Å². The topological polar surface area (TPSA) is 67.1 Å². The summed E-state index contributed by atoms with van der Waals surface area (Å²) >= 11 is 3.53. The predicted molar refractivity (Wildman–Crippen MR) is 107 cm³/mol. The van der Waals surface area contributed by atoms with Crippen molar-refractivity contribution in [1.82, 2.24) is 19.6 Å². The molecule has 0 saturated heterocycles. The zero-order valence-corrected chi connectivity index (χ0v) is 15.7. The average Bonchev–Trinajstić information content (AvgIpc) is 3.08. The molecule has 0 aliphatic carbocycles. The standard InChI is InChI=1S/C19H17BrN6/c1-21-17-8-7-13(10-22-17)11-23-18-9-16(14-5-3-2-4-6-14)25-19-15(20)12-24-26(18)19/h2-10,12,23H,11H2,1H3,(H,21,22). The number of pyridine rings is 1. The third-order valence-electron chi connectivity index (χ3n) is 4.05. The van der Waals surface area contributed by atoms with Gasteiger partial charge < -0.3 is 10.6 Å². The maximum atomic E-state index is 4.74. The highest BCUT2D eigenvalue weighted by Crippen LogP contribution is 2.26. The van der Waals surface area contributed by atoms with E-state index in [1.54, 1.807) is 10.7 Å². The molecular weight excluding hydrogens is 392 g/mol. The average molecular weight is 409 g/mol. The second kappa shape index (κ2) is 7.13. The molecule has 0 radical (unpaired) electrons. The lowest BCUT2D eigenvalue weighted by molar-refractivity contribution is 0.925. The van der Waals surface area contributed by atoms with Crippen molar-refractivity contribution in [2.45, 2.75) is 6.54 Å². The van der Waals surface area contributed by atoms with Crippen LogP contribution in [0.2, 0.25) is 0 Å². The van der Waals surface area contributed by atoms with Gasteiger partial charge in [-0.2, -0.15) is 9.61 Å². The predicted octanol–water partition coefficient (Wildman–Crippen LogP) is 4.21. The molecule has 0 amide bonds. The lowest BCUT2D eigenvalue weighted by Crippen LogP contribution is -2.07. The number of nitrogens with zero attached hydrogens (tertiary/aromatic N) is 4. The Morgan fingerprint density at radius 2 is 1.92 bits per heavy atom. The fraction of sp³-hybridized carbons (Fsp3) is 0.105. The fourth-order valence-electron chi connectivity index (χ4n) is 2.69. The summed E-state index contributed by atoms with van der Waals surface area (Å²) in [5.74, 6) is 1.72. The number of rotatable bonds is 5. The van der Waals surface area contributed by atoms with Gasteiger partial charge in [0.1, 0.15) is 11.6 Å². The normalized spacial score (nSPS) is 10.8. The SMILES string of the molecule is CNc1ccc(CNc2cc(-c3ccccc3)nc3c(Br)cnn23)cn1. The summed E-state index contributed by atoms with van der Waals surface area (Å²) in [6.07, 6.45) is 3.61. The highest BCUT2D eigenvalue weighted by molar-refractivity contribution is 9.10. The van der Waals surface area contributed by atoms with E-state index in [0.29, 0.717) is 6.54 Å². The Morgan fingerprint density at radius 1 is 1.08 bits per heavy atom. The van der Waals surface area contributed by atoms with E-state index in [4.69, 9.17) is 4.98 Å². The van der Waals surface area contributed by atoms with Crippen molar-refractivity contribution >= 4 is 33.2 Å². The zero-order chi connectivity index (χ0) is 17.9. The monoisotopic (exact) mass is 408 g/mol. The van der Waals surface area contributed by atoms with E-state index >= 15 is 0 Å². The highest BCUT2D eigenvalue weighted by atomic mass is 79.9. The van der Waals surface area contributed by atoms with Crippen LogP contribution in [0.25, 0.3) is 16.9 Å². The number of benzene rings is 1. The molecule has 6 nitrogen and oxygen atoms in total. The second-order valence-electron chi connectivity index (χ2n) is 5.78. The number of fused-ring (bicyclic) bond motifs is 1. The molecule has 4 aromatic rings. The molecule has 3 heterocycles. The Hall–Kier alpha value is -2.93. The Balaban J connectivity index is 1.68. The van der Waals surface area contributed by atoms with E-state index < -0.39 is 0 Å². The number of hydrogen-bond acceptors (Lipinski definition) is 5. The van der Waals surface area contributed by atoms with Crippen LogP contribution < -0.4 is 10.6 Å². The van der Waals surface area contributed by atoms with E-state index in [1.165, 1.54) is 0 Å². The molecule has 130 valence electrons. The molecule has 3 aromatic heterocycles. The van der Waals surface area contributed by atoms with Crippen LogP contribution >= 0.6 is 15.9 Å². The molecule has 7 heteroatoms. The van der Waals surface area contributed by atoms with Gasteiger partial charge in [-0.05, 0) is 27.6 Å². The Labute approximate surface area is 159 Å². The van der Waals surface area contributed by atoms with Gasteiger partial charge in [0, 0.05) is 31.4 Å². The highest BCUT2D eigenvalue weighted by Gasteiger charge is 2.11. The molecule has 0 spiro atoms. The third kappa shape index (κ3) is 3.25. The van der Waals surface area contributed by atoms with Gasteiger partial charge >= 0.3 is 0 Å². The first kappa shape index (κ1) is 16.5. The molecule has 1 aromatic carbocycles. The van der Waals surface area contributed by atoms with E-state index in [9.17, 15) is 0 Å². The molecule has 4 rings (SSSR count). The summed E-state index contributed by atoms with van der Waals surface area (Å²) < 4.78 is 2.66. The van der Waals surface area contributed by atoms with Gasteiger partial charge in [-0.3, -0.25) is 0 Å². The Kier molecular flexibility index (Phi) is 4.53. The van der Waals surface area contributed by atoms with Crippen LogP contribution in [0.5, 0.6) is 0 Å². The van der Waals surface area contributed by atoms with Crippen LogP contribution in [-0.2, 0) is 6.54 Å². The minimum atomic E-state index is 0.641. The largest absolute Gasteiger partial charge is 0.373 e. The summed E-state index contributed by atoms with van der Waals surface area (Å²) in [6, 6.07) is 16.1.